The van der Waals surface area contributed by atoms with Crippen LogP contribution < -0.4 is 14.8 Å². The average Bonchev–Trinajstić information content (AvgIpc) is 2.58. The zero-order chi connectivity index (χ0) is 22.0. The molecule has 2 N–H and O–H groups in total. The minimum Gasteiger partial charge on any atom is -0.495 e. The topological polar surface area (TPSA) is 122 Å². The van der Waals surface area contributed by atoms with Crippen molar-refractivity contribution in [3.63, 3.8) is 0 Å². The Morgan fingerprint density at radius 1 is 1.21 bits per heavy atom. The molecule has 0 bridgehead atoms. The van der Waals surface area contributed by atoms with Crippen LogP contribution in [0.2, 0.25) is 0 Å². The molecule has 0 aliphatic carbocycles. The molecule has 164 valence electrons. The number of benzene rings is 1. The van der Waals surface area contributed by atoms with E-state index >= 15 is 0 Å². The number of hydrogen-bond acceptors (Lipinski definition) is 6. The third kappa shape index (κ3) is 6.39. The maximum absolute atomic E-state index is 12.7. The molecular weight excluding hydrogens is 418 g/mol. The molecule has 2 rings (SSSR count). The second-order valence-corrected chi connectivity index (χ2v) is 11.8. The smallest absolute Gasteiger partial charge is 0.251 e. The number of rotatable bonds is 6. The lowest BCUT2D eigenvalue weighted by Crippen LogP contribution is -2.49. The number of carbonyl (C=O) groups excluding carboxylic acids is 1. The number of methoxy groups -OCH3 is 1. The van der Waals surface area contributed by atoms with Crippen LogP contribution in [0.25, 0.3) is 0 Å². The van der Waals surface area contributed by atoms with E-state index in [9.17, 15) is 21.6 Å². The highest BCUT2D eigenvalue weighted by molar-refractivity contribution is 7.89. The van der Waals surface area contributed by atoms with Gasteiger partial charge in [0.2, 0.25) is 20.0 Å². The Morgan fingerprint density at radius 2 is 1.86 bits per heavy atom. The summed E-state index contributed by atoms with van der Waals surface area (Å²) in [5, 5.41) is 2.80. The molecule has 1 saturated heterocycles. The van der Waals surface area contributed by atoms with Crippen molar-refractivity contribution in [2.24, 2.45) is 0 Å². The summed E-state index contributed by atoms with van der Waals surface area (Å²) in [6.45, 7) is 5.75. The van der Waals surface area contributed by atoms with E-state index in [1.165, 1.54) is 29.6 Å². The molecule has 1 fully saturated rings. The number of carbonyl (C=O) groups is 1. The first kappa shape index (κ1) is 23.6. The molecule has 0 spiro atoms. The SMILES string of the molecule is COc1ccc(C(=O)NC2CCCN(S(C)(=O)=O)C2)cc1S(=O)(=O)NC(C)(C)C. The van der Waals surface area contributed by atoms with E-state index in [4.69, 9.17) is 4.74 Å². The quantitative estimate of drug-likeness (QED) is 0.669. The molecule has 0 saturated carbocycles. The maximum Gasteiger partial charge on any atom is 0.251 e. The standard InChI is InChI=1S/C18H29N3O6S2/c1-18(2,3)20-29(25,26)16-11-13(8-9-15(16)27-4)17(22)19-14-7-6-10-21(12-14)28(5,23)24/h8-9,11,14,20H,6-7,10,12H2,1-5H3,(H,19,22). The van der Waals surface area contributed by atoms with Gasteiger partial charge in [-0.3, -0.25) is 4.79 Å². The molecule has 1 atom stereocenters. The second kappa shape index (κ2) is 8.58. The average molecular weight is 448 g/mol. The fourth-order valence-corrected chi connectivity index (χ4v) is 5.64. The van der Waals surface area contributed by atoms with Crippen LogP contribution in [0.4, 0.5) is 0 Å². The van der Waals surface area contributed by atoms with Crippen molar-refractivity contribution in [2.75, 3.05) is 26.5 Å². The number of hydrogen-bond donors (Lipinski definition) is 2. The lowest BCUT2D eigenvalue weighted by molar-refractivity contribution is 0.0921. The summed E-state index contributed by atoms with van der Waals surface area (Å²) < 4.78 is 58.0. The van der Waals surface area contributed by atoms with Crippen LogP contribution in [0.5, 0.6) is 5.75 Å². The second-order valence-electron chi connectivity index (χ2n) is 8.15. The van der Waals surface area contributed by atoms with Crippen molar-refractivity contribution in [3.05, 3.63) is 23.8 Å². The number of piperidine rings is 1. The summed E-state index contributed by atoms with van der Waals surface area (Å²) in [6.07, 6.45) is 2.42. The molecule has 29 heavy (non-hydrogen) atoms. The van der Waals surface area contributed by atoms with Gasteiger partial charge in [-0.05, 0) is 51.8 Å². The Balaban J connectivity index is 2.26. The van der Waals surface area contributed by atoms with E-state index in [0.29, 0.717) is 19.4 Å². The predicted molar refractivity (Wildman–Crippen MR) is 110 cm³/mol. The zero-order valence-electron chi connectivity index (χ0n) is 17.4. The van der Waals surface area contributed by atoms with E-state index in [2.05, 4.69) is 10.0 Å². The zero-order valence-corrected chi connectivity index (χ0v) is 19.0. The third-order valence-electron chi connectivity index (χ3n) is 4.34. The number of amides is 1. The highest BCUT2D eigenvalue weighted by Gasteiger charge is 2.29. The van der Waals surface area contributed by atoms with Crippen molar-refractivity contribution < 1.29 is 26.4 Å². The molecule has 1 heterocycles. The van der Waals surface area contributed by atoms with Crippen LogP contribution in [0.3, 0.4) is 0 Å². The molecule has 1 aliphatic rings. The van der Waals surface area contributed by atoms with Gasteiger partial charge in [-0.2, -0.15) is 0 Å². The number of sulfonamides is 2. The summed E-state index contributed by atoms with van der Waals surface area (Å²) in [6, 6.07) is 3.82. The minimum absolute atomic E-state index is 0.124. The van der Waals surface area contributed by atoms with Gasteiger partial charge in [0, 0.05) is 30.2 Å². The van der Waals surface area contributed by atoms with Gasteiger partial charge in [0.25, 0.3) is 5.91 Å². The summed E-state index contributed by atoms with van der Waals surface area (Å²) in [7, 11) is -5.90. The van der Waals surface area contributed by atoms with Gasteiger partial charge in [-0.15, -0.1) is 0 Å². The molecular formula is C18H29N3O6S2. The van der Waals surface area contributed by atoms with Crippen molar-refractivity contribution >= 4 is 26.0 Å². The monoisotopic (exact) mass is 447 g/mol. The third-order valence-corrected chi connectivity index (χ3v) is 7.39. The highest BCUT2D eigenvalue weighted by atomic mass is 32.2. The molecule has 1 aliphatic heterocycles. The fourth-order valence-electron chi connectivity index (χ4n) is 3.12. The molecule has 11 heteroatoms. The molecule has 9 nitrogen and oxygen atoms in total. The summed E-state index contributed by atoms with van der Waals surface area (Å²) in [4.78, 5) is 12.6. The van der Waals surface area contributed by atoms with Gasteiger partial charge in [-0.1, -0.05) is 0 Å². The normalized spacial score (nSPS) is 19.0. The van der Waals surface area contributed by atoms with Crippen LogP contribution in [-0.4, -0.2) is 65.1 Å². The first-order valence-electron chi connectivity index (χ1n) is 9.21. The number of ether oxygens (including phenoxy) is 1. The molecule has 1 unspecified atom stereocenters. The van der Waals surface area contributed by atoms with Crippen LogP contribution >= 0.6 is 0 Å². The summed E-state index contributed by atoms with van der Waals surface area (Å²) in [5.41, 5.74) is -0.559. The van der Waals surface area contributed by atoms with E-state index in [1.54, 1.807) is 20.8 Å². The van der Waals surface area contributed by atoms with Crippen molar-refractivity contribution in [3.8, 4) is 5.75 Å². The van der Waals surface area contributed by atoms with Gasteiger partial charge in [0.15, 0.2) is 0 Å². The van der Waals surface area contributed by atoms with Crippen molar-refractivity contribution in [1.29, 1.82) is 0 Å². The number of nitrogens with zero attached hydrogens (tertiary/aromatic N) is 1. The van der Waals surface area contributed by atoms with E-state index < -0.39 is 31.5 Å². The minimum atomic E-state index is -3.92. The van der Waals surface area contributed by atoms with E-state index in [-0.39, 0.29) is 28.8 Å². The summed E-state index contributed by atoms with van der Waals surface area (Å²) >= 11 is 0. The van der Waals surface area contributed by atoms with Gasteiger partial charge in [0.1, 0.15) is 10.6 Å². The molecule has 1 aromatic carbocycles. The van der Waals surface area contributed by atoms with Gasteiger partial charge in [0.05, 0.1) is 13.4 Å². The van der Waals surface area contributed by atoms with Gasteiger partial charge < -0.3 is 10.1 Å². The Morgan fingerprint density at radius 3 is 2.41 bits per heavy atom. The Hall–Kier alpha value is -1.69. The molecule has 1 amide bonds. The first-order chi connectivity index (χ1) is 13.2. The molecule has 0 aromatic heterocycles. The van der Waals surface area contributed by atoms with Crippen molar-refractivity contribution in [2.45, 2.75) is 50.1 Å². The van der Waals surface area contributed by atoms with Crippen LogP contribution in [0.15, 0.2) is 23.1 Å². The highest BCUT2D eigenvalue weighted by Crippen LogP contribution is 2.26. The van der Waals surface area contributed by atoms with E-state index in [1.807, 2.05) is 0 Å². The Labute approximate surface area is 172 Å². The van der Waals surface area contributed by atoms with Crippen molar-refractivity contribution in [1.82, 2.24) is 14.3 Å². The lowest BCUT2D eigenvalue weighted by Gasteiger charge is -2.31. The lowest BCUT2D eigenvalue weighted by atomic mass is 10.1. The molecule has 0 radical (unpaired) electrons. The largest absolute Gasteiger partial charge is 0.495 e. The summed E-state index contributed by atoms with van der Waals surface area (Å²) in [5.74, 6) is -0.348. The van der Waals surface area contributed by atoms with E-state index in [0.717, 1.165) is 6.26 Å². The maximum atomic E-state index is 12.7. The van der Waals surface area contributed by atoms with Crippen LogP contribution in [0.1, 0.15) is 44.0 Å². The Kier molecular flexibility index (Phi) is 6.98. The van der Waals surface area contributed by atoms with Gasteiger partial charge >= 0.3 is 0 Å². The Bertz CT molecular complexity index is 968. The predicted octanol–water partition coefficient (Wildman–Crippen LogP) is 0.926. The van der Waals surface area contributed by atoms with Crippen LogP contribution in [0, 0.1) is 0 Å². The number of nitrogens with one attached hydrogen (secondary N) is 2. The fraction of sp³-hybridized carbons (Fsp3) is 0.611. The van der Waals surface area contributed by atoms with Gasteiger partial charge in [-0.25, -0.2) is 25.9 Å². The molecule has 1 aromatic rings. The van der Waals surface area contributed by atoms with Crippen LogP contribution in [-0.2, 0) is 20.0 Å². The first-order valence-corrected chi connectivity index (χ1v) is 12.5.